The minimum atomic E-state index is -0.363. The average molecular weight is 199 g/mol. The monoisotopic (exact) mass is 199 g/mol. The number of ketones is 1. The maximum atomic E-state index is 11.5. The molecule has 0 spiro atoms. The largest absolute Gasteiger partial charge is 0.450 e. The molecule has 0 unspecified atom stereocenters. The highest BCUT2D eigenvalue weighted by molar-refractivity contribution is 5.91. The van der Waals surface area contributed by atoms with Crippen LogP contribution in [0, 0.1) is 0 Å². The molecule has 1 fully saturated rings. The molecule has 0 saturated carbocycles. The summed E-state index contributed by atoms with van der Waals surface area (Å²) in [7, 11) is 0. The third kappa shape index (κ3) is 1.89. The lowest BCUT2D eigenvalue weighted by molar-refractivity contribution is -0.119. The predicted molar refractivity (Wildman–Crippen MR) is 52.0 cm³/mol. The highest BCUT2D eigenvalue weighted by Gasteiger charge is 2.40. The Kier molecular flexibility index (Phi) is 3.49. The fraction of sp³-hybridized carbons (Fsp3) is 0.800. The molecule has 1 amide bonds. The molecule has 1 heterocycles. The van der Waals surface area contributed by atoms with Crippen LogP contribution >= 0.6 is 0 Å². The summed E-state index contributed by atoms with van der Waals surface area (Å²) in [5.41, 5.74) is 0. The number of Topliss-reactive ketones (excluding diaryl/α,β-unsaturated/α-hetero) is 1. The third-order valence-corrected chi connectivity index (χ3v) is 2.54. The van der Waals surface area contributed by atoms with Crippen molar-refractivity contribution in [1.29, 1.82) is 0 Å². The quantitative estimate of drug-likeness (QED) is 0.678. The van der Waals surface area contributed by atoms with Crippen LogP contribution in [0.25, 0.3) is 0 Å². The van der Waals surface area contributed by atoms with Gasteiger partial charge < -0.3 is 4.74 Å². The van der Waals surface area contributed by atoms with Crippen molar-refractivity contribution < 1.29 is 14.3 Å². The van der Waals surface area contributed by atoms with E-state index in [1.165, 1.54) is 0 Å². The van der Waals surface area contributed by atoms with Gasteiger partial charge in [-0.25, -0.2) is 4.79 Å². The summed E-state index contributed by atoms with van der Waals surface area (Å²) in [6.07, 6.45) is 0.761. The number of hydrogen-bond donors (Lipinski definition) is 0. The van der Waals surface area contributed by atoms with Crippen LogP contribution in [0.15, 0.2) is 0 Å². The molecule has 1 aliphatic rings. The third-order valence-electron chi connectivity index (χ3n) is 2.54. The van der Waals surface area contributed by atoms with Gasteiger partial charge in [-0.05, 0) is 20.3 Å². The molecule has 4 nitrogen and oxygen atoms in total. The van der Waals surface area contributed by atoms with Crippen LogP contribution in [-0.2, 0) is 9.53 Å². The first-order chi connectivity index (χ1) is 6.61. The maximum Gasteiger partial charge on any atom is 0.410 e. The number of rotatable bonds is 2. The molecule has 4 heteroatoms. The second-order valence-corrected chi connectivity index (χ2v) is 3.55. The Labute approximate surface area is 84.2 Å². The van der Waals surface area contributed by atoms with E-state index in [0.717, 1.165) is 0 Å². The smallest absolute Gasteiger partial charge is 0.410 e. The van der Waals surface area contributed by atoms with E-state index in [2.05, 4.69) is 0 Å². The predicted octanol–water partition coefficient (Wildman–Crippen LogP) is 1.58. The molecule has 1 rings (SSSR count). The van der Waals surface area contributed by atoms with Crippen molar-refractivity contribution in [2.45, 2.75) is 45.7 Å². The summed E-state index contributed by atoms with van der Waals surface area (Å²) in [6.45, 7) is 5.91. The van der Waals surface area contributed by atoms with Crippen molar-refractivity contribution in [1.82, 2.24) is 4.90 Å². The normalized spacial score (nSPS) is 26.8. The van der Waals surface area contributed by atoms with Crippen LogP contribution in [0.2, 0.25) is 0 Å². The summed E-state index contributed by atoms with van der Waals surface area (Å²) in [6, 6.07) is -0.296. The number of hydrogen-bond acceptors (Lipinski definition) is 3. The molecule has 0 bridgehead atoms. The molecule has 1 saturated heterocycles. The molecule has 0 aromatic carbocycles. The van der Waals surface area contributed by atoms with Crippen molar-refractivity contribution in [2.24, 2.45) is 0 Å². The molecule has 80 valence electrons. The number of nitrogens with zero attached hydrogens (tertiary/aromatic N) is 1. The van der Waals surface area contributed by atoms with Gasteiger partial charge in [0, 0.05) is 12.5 Å². The van der Waals surface area contributed by atoms with Gasteiger partial charge in [-0.1, -0.05) is 6.92 Å². The average Bonchev–Trinajstić information content (AvgIpc) is 2.40. The molecule has 2 atom stereocenters. The van der Waals surface area contributed by atoms with Crippen molar-refractivity contribution in [3.8, 4) is 0 Å². The standard InChI is InChI=1S/C10H17NO3/c1-4-8-9(12)6-7(3)11(8)10(13)14-5-2/h7-8H,4-6H2,1-3H3/t7-,8+/m1/s1. The minimum Gasteiger partial charge on any atom is -0.450 e. The Bertz CT molecular complexity index is 240. The van der Waals surface area contributed by atoms with Crippen molar-refractivity contribution in [3.63, 3.8) is 0 Å². The van der Waals surface area contributed by atoms with Gasteiger partial charge in [-0.2, -0.15) is 0 Å². The highest BCUT2D eigenvalue weighted by atomic mass is 16.6. The Balaban J connectivity index is 2.74. The van der Waals surface area contributed by atoms with Crippen LogP contribution < -0.4 is 0 Å². The molecule has 1 aliphatic heterocycles. The summed E-state index contributed by atoms with van der Waals surface area (Å²) < 4.78 is 4.91. The van der Waals surface area contributed by atoms with E-state index in [-0.39, 0.29) is 24.0 Å². The second-order valence-electron chi connectivity index (χ2n) is 3.55. The van der Waals surface area contributed by atoms with Crippen molar-refractivity contribution in [2.75, 3.05) is 6.61 Å². The van der Waals surface area contributed by atoms with E-state index in [1.54, 1.807) is 11.8 Å². The van der Waals surface area contributed by atoms with Crippen LogP contribution in [0.3, 0.4) is 0 Å². The SMILES string of the molecule is CCOC(=O)N1[C@H](C)CC(=O)[C@@H]1CC. The fourth-order valence-corrected chi connectivity index (χ4v) is 1.92. The first kappa shape index (κ1) is 11.0. The van der Waals surface area contributed by atoms with Gasteiger partial charge in [0.05, 0.1) is 12.6 Å². The van der Waals surface area contributed by atoms with E-state index < -0.39 is 0 Å². The molecule has 0 aromatic rings. The molecular weight excluding hydrogens is 182 g/mol. The highest BCUT2D eigenvalue weighted by Crippen LogP contribution is 2.23. The Morgan fingerprint density at radius 3 is 2.71 bits per heavy atom. The van der Waals surface area contributed by atoms with E-state index in [0.29, 0.717) is 19.4 Å². The number of ether oxygens (including phenoxy) is 1. The zero-order valence-corrected chi connectivity index (χ0v) is 8.95. The lowest BCUT2D eigenvalue weighted by atomic mass is 10.1. The first-order valence-corrected chi connectivity index (χ1v) is 5.09. The second kappa shape index (κ2) is 4.44. The first-order valence-electron chi connectivity index (χ1n) is 5.09. The van der Waals surface area contributed by atoms with Gasteiger partial charge in [0.2, 0.25) is 0 Å². The zero-order valence-electron chi connectivity index (χ0n) is 8.95. The van der Waals surface area contributed by atoms with Gasteiger partial charge in [0.15, 0.2) is 5.78 Å². The van der Waals surface area contributed by atoms with Crippen LogP contribution in [-0.4, -0.2) is 35.5 Å². The zero-order chi connectivity index (χ0) is 10.7. The number of likely N-dealkylation sites (tertiary alicyclic amines) is 1. The Morgan fingerprint density at radius 2 is 2.21 bits per heavy atom. The van der Waals surface area contributed by atoms with Gasteiger partial charge in [0.25, 0.3) is 0 Å². The summed E-state index contributed by atoms with van der Waals surface area (Å²) >= 11 is 0. The molecule has 0 N–H and O–H groups in total. The van der Waals surface area contributed by atoms with Gasteiger partial charge in [-0.15, -0.1) is 0 Å². The van der Waals surface area contributed by atoms with E-state index in [4.69, 9.17) is 4.74 Å². The van der Waals surface area contributed by atoms with Gasteiger partial charge in [-0.3, -0.25) is 9.69 Å². The van der Waals surface area contributed by atoms with Crippen molar-refractivity contribution >= 4 is 11.9 Å². The maximum absolute atomic E-state index is 11.5. The molecule has 0 aromatic heterocycles. The molecule has 14 heavy (non-hydrogen) atoms. The summed E-state index contributed by atoms with van der Waals surface area (Å²) in [4.78, 5) is 24.6. The number of carbonyl (C=O) groups is 2. The Hall–Kier alpha value is -1.06. The number of carbonyl (C=O) groups excluding carboxylic acids is 2. The van der Waals surface area contributed by atoms with Crippen LogP contribution in [0.4, 0.5) is 4.79 Å². The topological polar surface area (TPSA) is 46.6 Å². The van der Waals surface area contributed by atoms with E-state index in [9.17, 15) is 9.59 Å². The molecule has 0 radical (unpaired) electrons. The van der Waals surface area contributed by atoms with E-state index in [1.807, 2.05) is 13.8 Å². The van der Waals surface area contributed by atoms with E-state index >= 15 is 0 Å². The lowest BCUT2D eigenvalue weighted by Crippen LogP contribution is -2.41. The summed E-state index contributed by atoms with van der Waals surface area (Å²) in [5.74, 6) is 0.146. The van der Waals surface area contributed by atoms with Crippen LogP contribution in [0.5, 0.6) is 0 Å². The lowest BCUT2D eigenvalue weighted by Gasteiger charge is -2.25. The summed E-state index contributed by atoms with van der Waals surface area (Å²) in [5, 5.41) is 0. The van der Waals surface area contributed by atoms with Crippen LogP contribution in [0.1, 0.15) is 33.6 Å². The number of amides is 1. The fourth-order valence-electron chi connectivity index (χ4n) is 1.92. The molecule has 0 aliphatic carbocycles. The molecular formula is C10H17NO3. The van der Waals surface area contributed by atoms with Crippen molar-refractivity contribution in [3.05, 3.63) is 0 Å². The van der Waals surface area contributed by atoms with Gasteiger partial charge in [0.1, 0.15) is 0 Å². The Morgan fingerprint density at radius 1 is 1.57 bits per heavy atom. The minimum absolute atomic E-state index is 0.0218. The van der Waals surface area contributed by atoms with Gasteiger partial charge >= 0.3 is 6.09 Å².